The molecular weight excluding hydrogens is 350 g/mol. The average Bonchev–Trinajstić information content (AvgIpc) is 2.98. The first-order valence-corrected chi connectivity index (χ1v) is 8.05. The Morgan fingerprint density at radius 1 is 1.25 bits per heavy atom. The maximum absolute atomic E-state index is 12.7. The van der Waals surface area contributed by atoms with Crippen LogP contribution in [0.5, 0.6) is 0 Å². The van der Waals surface area contributed by atoms with Gasteiger partial charge in [-0.2, -0.15) is 4.37 Å². The fraction of sp³-hybridized carbons (Fsp3) is 0. The van der Waals surface area contributed by atoms with Crippen LogP contribution >= 0.6 is 23.1 Å². The number of benzene rings is 2. The van der Waals surface area contributed by atoms with Crippen molar-refractivity contribution >= 4 is 56.5 Å². The first kappa shape index (κ1) is 14.8. The highest BCUT2D eigenvalue weighted by atomic mass is 35.5. The van der Waals surface area contributed by atoms with Crippen molar-refractivity contribution in [3.05, 3.63) is 68.5 Å². The van der Waals surface area contributed by atoms with E-state index in [9.17, 15) is 14.9 Å². The molecule has 1 aliphatic rings. The van der Waals surface area contributed by atoms with Crippen LogP contribution in [-0.4, -0.2) is 15.1 Å². The van der Waals surface area contributed by atoms with Gasteiger partial charge in [-0.3, -0.25) is 14.9 Å². The van der Waals surface area contributed by atoms with E-state index in [1.807, 2.05) is 12.1 Å². The Bertz CT molecular complexity index is 1060. The summed E-state index contributed by atoms with van der Waals surface area (Å²) in [5.41, 5.74) is 1.95. The van der Waals surface area contributed by atoms with Crippen LogP contribution in [0.15, 0.2) is 42.1 Å². The summed E-state index contributed by atoms with van der Waals surface area (Å²) in [7, 11) is 0. The zero-order chi connectivity index (χ0) is 16.8. The van der Waals surface area contributed by atoms with Crippen LogP contribution in [0, 0.1) is 10.1 Å². The Hall–Kier alpha value is -2.77. The fourth-order valence-electron chi connectivity index (χ4n) is 2.61. The summed E-state index contributed by atoms with van der Waals surface area (Å²) in [5, 5.41) is 14.8. The van der Waals surface area contributed by atoms with E-state index < -0.39 is 4.92 Å². The van der Waals surface area contributed by atoms with Gasteiger partial charge in [0.2, 0.25) is 5.78 Å². The summed E-state index contributed by atoms with van der Waals surface area (Å²) in [6, 6.07) is 9.55. The first-order valence-electron chi connectivity index (χ1n) is 6.90. The number of Topliss-reactive ketones (excluding diaryl/α,β-unsaturated/α-hetero) is 1. The summed E-state index contributed by atoms with van der Waals surface area (Å²) < 4.78 is 5.32. The Kier molecular flexibility index (Phi) is 3.33. The van der Waals surface area contributed by atoms with Crippen molar-refractivity contribution in [2.24, 2.45) is 0 Å². The van der Waals surface area contributed by atoms with E-state index in [0.717, 1.165) is 15.8 Å². The van der Waals surface area contributed by atoms with Gasteiger partial charge >= 0.3 is 0 Å². The summed E-state index contributed by atoms with van der Waals surface area (Å²) in [6.07, 6.45) is 1.67. The minimum atomic E-state index is -0.525. The highest BCUT2D eigenvalue weighted by Gasteiger charge is 2.24. The van der Waals surface area contributed by atoms with Gasteiger partial charge in [0.15, 0.2) is 0 Å². The molecule has 0 spiro atoms. The Labute approximate surface area is 144 Å². The molecule has 3 aromatic rings. The Morgan fingerprint density at radius 2 is 2.08 bits per heavy atom. The third kappa shape index (κ3) is 2.26. The number of rotatable bonds is 3. The molecule has 118 valence electrons. The number of halogens is 1. The molecule has 0 unspecified atom stereocenters. The molecule has 24 heavy (non-hydrogen) atoms. The zero-order valence-electron chi connectivity index (χ0n) is 11.9. The maximum atomic E-state index is 12.7. The van der Waals surface area contributed by atoms with Crippen LogP contribution in [-0.2, 0) is 0 Å². The van der Waals surface area contributed by atoms with Gasteiger partial charge in [0.05, 0.1) is 31.7 Å². The van der Waals surface area contributed by atoms with Crippen molar-refractivity contribution in [3.8, 4) is 0 Å². The average molecular weight is 358 g/mol. The van der Waals surface area contributed by atoms with Crippen molar-refractivity contribution in [1.82, 2.24) is 4.37 Å². The molecule has 0 saturated heterocycles. The summed E-state index contributed by atoms with van der Waals surface area (Å²) in [4.78, 5) is 22.9. The van der Waals surface area contributed by atoms with E-state index in [1.54, 1.807) is 12.1 Å². The molecule has 8 heteroatoms. The number of nitro groups is 1. The summed E-state index contributed by atoms with van der Waals surface area (Å²) in [6.45, 7) is 0. The minimum Gasteiger partial charge on any atom is -0.351 e. The van der Waals surface area contributed by atoms with Gasteiger partial charge in [-0.05, 0) is 29.7 Å². The number of nitrogens with zero attached hydrogens (tertiary/aromatic N) is 2. The van der Waals surface area contributed by atoms with Crippen LogP contribution in [0.25, 0.3) is 16.2 Å². The number of carbonyl (C=O) groups is 1. The normalized spacial score (nSPS) is 13.0. The molecule has 0 saturated carbocycles. The van der Waals surface area contributed by atoms with E-state index in [1.165, 1.54) is 29.7 Å². The Balaban J connectivity index is 1.75. The van der Waals surface area contributed by atoms with Gasteiger partial charge in [0.1, 0.15) is 0 Å². The number of hydrogen-bond donors (Lipinski definition) is 1. The van der Waals surface area contributed by atoms with Crippen molar-refractivity contribution in [2.45, 2.75) is 0 Å². The molecule has 4 rings (SSSR count). The molecule has 0 bridgehead atoms. The predicted octanol–water partition coefficient (Wildman–Crippen LogP) is 4.51. The van der Waals surface area contributed by atoms with Gasteiger partial charge in [-0.15, -0.1) is 0 Å². The van der Waals surface area contributed by atoms with E-state index in [4.69, 9.17) is 11.6 Å². The van der Waals surface area contributed by atoms with E-state index in [0.29, 0.717) is 16.9 Å². The molecule has 1 aliphatic carbocycles. The minimum absolute atomic E-state index is 0.110. The van der Waals surface area contributed by atoms with Crippen LogP contribution in [0.1, 0.15) is 16.1 Å². The van der Waals surface area contributed by atoms with Crippen molar-refractivity contribution in [3.63, 3.8) is 0 Å². The molecule has 6 nitrogen and oxygen atoms in total. The number of nitro benzene ring substituents is 1. The molecule has 1 aromatic heterocycles. The third-order valence-corrected chi connectivity index (χ3v) is 4.87. The lowest BCUT2D eigenvalue weighted by Gasteiger charge is -2.15. The molecule has 1 heterocycles. The third-order valence-electron chi connectivity index (χ3n) is 3.73. The lowest BCUT2D eigenvalue weighted by molar-refractivity contribution is -0.384. The molecule has 0 atom stereocenters. The fourth-order valence-corrected chi connectivity index (χ4v) is 3.62. The molecule has 0 aliphatic heterocycles. The lowest BCUT2D eigenvalue weighted by Crippen LogP contribution is -2.15. The number of ketones is 1. The second-order valence-corrected chi connectivity index (χ2v) is 6.39. The summed E-state index contributed by atoms with van der Waals surface area (Å²) in [5.74, 6) is -0.164. The number of nitrogens with one attached hydrogen (secondary N) is 1. The number of anilines is 1. The molecular formula is C16H8ClN3O3S. The number of non-ortho nitro benzene ring substituents is 1. The van der Waals surface area contributed by atoms with Crippen molar-refractivity contribution in [2.75, 3.05) is 5.32 Å². The number of aromatic nitrogens is 1. The van der Waals surface area contributed by atoms with Gasteiger partial charge in [-0.1, -0.05) is 23.7 Å². The highest BCUT2D eigenvalue weighted by molar-refractivity contribution is 7.13. The number of allylic oxidation sites excluding steroid dienone is 1. The standard InChI is InChI=1S/C16H8ClN3O3S/c17-10-6-8(20(22)23)4-5-11(10)18-13-7-12-15-9(16(13)21)2-1-3-14(15)24-19-12/h1-7,18H. The Morgan fingerprint density at radius 3 is 2.83 bits per heavy atom. The topological polar surface area (TPSA) is 85.1 Å². The molecule has 2 aromatic carbocycles. The first-order chi connectivity index (χ1) is 11.5. The number of carbonyl (C=O) groups excluding carboxylic acids is 1. The lowest BCUT2D eigenvalue weighted by atomic mass is 9.97. The quantitative estimate of drug-likeness (QED) is 0.550. The van der Waals surface area contributed by atoms with Crippen molar-refractivity contribution in [1.29, 1.82) is 0 Å². The molecule has 0 amide bonds. The van der Waals surface area contributed by atoms with Gasteiger partial charge in [0.25, 0.3) is 5.69 Å². The largest absolute Gasteiger partial charge is 0.351 e. The predicted molar refractivity (Wildman–Crippen MR) is 93.7 cm³/mol. The smallest absolute Gasteiger partial charge is 0.271 e. The molecule has 0 fully saturated rings. The second-order valence-electron chi connectivity index (χ2n) is 5.18. The maximum Gasteiger partial charge on any atom is 0.271 e. The van der Waals surface area contributed by atoms with Crippen LogP contribution in [0.2, 0.25) is 5.02 Å². The van der Waals surface area contributed by atoms with Gasteiger partial charge in [0, 0.05) is 23.1 Å². The molecule has 0 radical (unpaired) electrons. The van der Waals surface area contributed by atoms with Crippen LogP contribution in [0.4, 0.5) is 11.4 Å². The monoisotopic (exact) mass is 357 g/mol. The van der Waals surface area contributed by atoms with Gasteiger partial charge < -0.3 is 5.32 Å². The van der Waals surface area contributed by atoms with Crippen LogP contribution in [0.3, 0.4) is 0 Å². The highest BCUT2D eigenvalue weighted by Crippen LogP contribution is 2.35. The zero-order valence-corrected chi connectivity index (χ0v) is 13.5. The summed E-state index contributed by atoms with van der Waals surface area (Å²) >= 11 is 7.42. The molecule has 1 N–H and O–H groups in total. The SMILES string of the molecule is O=C1C(Nc2ccc([N+](=O)[O-])cc2Cl)=Cc2nsc3cccc1c23. The van der Waals surface area contributed by atoms with Crippen LogP contribution < -0.4 is 5.32 Å². The second kappa shape index (κ2) is 5.40. The van der Waals surface area contributed by atoms with E-state index in [-0.39, 0.29) is 16.5 Å². The van der Waals surface area contributed by atoms with Gasteiger partial charge in [-0.25, -0.2) is 0 Å². The van der Waals surface area contributed by atoms with E-state index >= 15 is 0 Å². The van der Waals surface area contributed by atoms with Crippen molar-refractivity contribution < 1.29 is 9.72 Å². The van der Waals surface area contributed by atoms with E-state index in [2.05, 4.69) is 9.69 Å². The number of hydrogen-bond acceptors (Lipinski definition) is 6.